The van der Waals surface area contributed by atoms with Gasteiger partial charge in [-0.3, -0.25) is 0 Å². The highest BCUT2D eigenvalue weighted by Crippen LogP contribution is 2.28. The SMILES string of the molecule is CSCC1OC(OC2OC(CO)C(O)C(O)C2O)C(O)C(O)C1O. The van der Waals surface area contributed by atoms with E-state index in [4.69, 9.17) is 19.3 Å². The fraction of sp³-hybridized carbons (Fsp3) is 1.00. The van der Waals surface area contributed by atoms with Crippen molar-refractivity contribution in [3.63, 3.8) is 0 Å². The maximum atomic E-state index is 9.99. The summed E-state index contributed by atoms with van der Waals surface area (Å²) in [7, 11) is 0. The number of aliphatic hydroxyl groups excluding tert-OH is 7. The first-order valence-corrected chi connectivity index (χ1v) is 8.85. The molecule has 0 bridgehead atoms. The number of ether oxygens (including phenoxy) is 3. The van der Waals surface area contributed by atoms with Gasteiger partial charge in [-0.1, -0.05) is 0 Å². The predicted molar refractivity (Wildman–Crippen MR) is 79.9 cm³/mol. The van der Waals surface area contributed by atoms with Crippen LogP contribution in [-0.2, 0) is 14.2 Å². The summed E-state index contributed by atoms with van der Waals surface area (Å²) in [5, 5.41) is 68.3. The molecule has 7 N–H and O–H groups in total. The van der Waals surface area contributed by atoms with Crippen LogP contribution in [0.5, 0.6) is 0 Å². The predicted octanol–water partition coefficient (Wildman–Crippen LogP) is -4.03. The van der Waals surface area contributed by atoms with Crippen molar-refractivity contribution >= 4 is 11.8 Å². The molecule has 0 saturated carbocycles. The van der Waals surface area contributed by atoms with E-state index in [0.29, 0.717) is 5.75 Å². The van der Waals surface area contributed by atoms with Crippen molar-refractivity contribution in [1.29, 1.82) is 0 Å². The first-order valence-electron chi connectivity index (χ1n) is 7.46. The third-order valence-corrected chi connectivity index (χ3v) is 4.78. The van der Waals surface area contributed by atoms with Gasteiger partial charge < -0.3 is 50.0 Å². The zero-order valence-electron chi connectivity index (χ0n) is 13.0. The lowest BCUT2D eigenvalue weighted by Gasteiger charge is -2.44. The van der Waals surface area contributed by atoms with E-state index < -0.39 is 68.0 Å². The Morgan fingerprint density at radius 2 is 1.21 bits per heavy atom. The van der Waals surface area contributed by atoms with Crippen molar-refractivity contribution in [2.24, 2.45) is 0 Å². The second-order valence-electron chi connectivity index (χ2n) is 5.80. The summed E-state index contributed by atoms with van der Waals surface area (Å²) < 4.78 is 15.9. The van der Waals surface area contributed by atoms with Gasteiger partial charge in [0.25, 0.3) is 0 Å². The maximum absolute atomic E-state index is 9.99. The normalized spacial score (nSPS) is 50.0. The summed E-state index contributed by atoms with van der Waals surface area (Å²) in [6.45, 7) is -0.630. The molecule has 0 aromatic rings. The Kier molecular flexibility index (Phi) is 7.22. The molecule has 0 amide bonds. The molecule has 0 spiro atoms. The maximum Gasteiger partial charge on any atom is 0.189 e. The summed E-state index contributed by atoms with van der Waals surface area (Å²) in [5.41, 5.74) is 0. The van der Waals surface area contributed by atoms with Gasteiger partial charge in [0.15, 0.2) is 12.6 Å². The lowest BCUT2D eigenvalue weighted by Crippen LogP contribution is -2.63. The van der Waals surface area contributed by atoms with E-state index in [1.165, 1.54) is 11.8 Å². The summed E-state index contributed by atoms with van der Waals surface area (Å²) in [6, 6.07) is 0. The van der Waals surface area contributed by atoms with Crippen molar-refractivity contribution in [1.82, 2.24) is 0 Å². The number of aliphatic hydroxyl groups is 7. The lowest BCUT2D eigenvalue weighted by atomic mass is 9.98. The Morgan fingerprint density at radius 1 is 0.750 bits per heavy atom. The fourth-order valence-corrected chi connectivity index (χ4v) is 3.25. The van der Waals surface area contributed by atoms with Crippen LogP contribution in [0.2, 0.25) is 0 Å². The molecule has 2 heterocycles. The molecule has 0 aromatic carbocycles. The highest BCUT2D eigenvalue weighted by molar-refractivity contribution is 7.98. The third kappa shape index (κ3) is 4.02. The summed E-state index contributed by atoms with van der Waals surface area (Å²) >= 11 is 1.35. The average molecular weight is 372 g/mol. The molecular formula is C13H24O10S. The zero-order chi connectivity index (χ0) is 18.0. The van der Waals surface area contributed by atoms with Crippen molar-refractivity contribution < 1.29 is 50.0 Å². The highest BCUT2D eigenvalue weighted by Gasteiger charge is 2.49. The molecule has 11 heteroatoms. The molecule has 10 nitrogen and oxygen atoms in total. The van der Waals surface area contributed by atoms with Gasteiger partial charge in [-0.2, -0.15) is 11.8 Å². The molecule has 0 radical (unpaired) electrons. The summed E-state index contributed by atoms with van der Waals surface area (Å²) in [4.78, 5) is 0. The van der Waals surface area contributed by atoms with Gasteiger partial charge >= 0.3 is 0 Å². The summed E-state index contributed by atoms with van der Waals surface area (Å²) in [6.07, 6.45) is -12.5. The largest absolute Gasteiger partial charge is 0.394 e. The van der Waals surface area contributed by atoms with E-state index in [2.05, 4.69) is 0 Å². The number of hydrogen-bond donors (Lipinski definition) is 7. The minimum absolute atomic E-state index is 0.319. The molecule has 2 rings (SSSR count). The Bertz CT molecular complexity index is 399. The van der Waals surface area contributed by atoms with Gasteiger partial charge in [-0.15, -0.1) is 0 Å². The minimum Gasteiger partial charge on any atom is -0.394 e. The second kappa shape index (κ2) is 8.56. The lowest BCUT2D eigenvalue weighted by molar-refractivity contribution is -0.373. The topological polar surface area (TPSA) is 169 Å². The Balaban J connectivity index is 2.07. The van der Waals surface area contributed by atoms with Crippen LogP contribution in [-0.4, -0.2) is 116 Å². The van der Waals surface area contributed by atoms with E-state index in [1.54, 1.807) is 6.26 Å². The van der Waals surface area contributed by atoms with Crippen LogP contribution in [0.4, 0.5) is 0 Å². The van der Waals surface area contributed by atoms with Crippen LogP contribution in [0.25, 0.3) is 0 Å². The third-order valence-electron chi connectivity index (χ3n) is 4.12. The van der Waals surface area contributed by atoms with E-state index in [0.717, 1.165) is 0 Å². The molecule has 24 heavy (non-hydrogen) atoms. The van der Waals surface area contributed by atoms with E-state index in [9.17, 15) is 30.6 Å². The van der Waals surface area contributed by atoms with Crippen molar-refractivity contribution in [3.05, 3.63) is 0 Å². The van der Waals surface area contributed by atoms with E-state index >= 15 is 0 Å². The first kappa shape index (κ1) is 20.3. The van der Waals surface area contributed by atoms with Gasteiger partial charge in [-0.05, 0) is 6.26 Å². The van der Waals surface area contributed by atoms with Crippen LogP contribution >= 0.6 is 11.8 Å². The molecule has 10 atom stereocenters. The molecule has 2 saturated heterocycles. The molecule has 0 aromatic heterocycles. The highest BCUT2D eigenvalue weighted by atomic mass is 32.2. The average Bonchev–Trinajstić information content (AvgIpc) is 2.57. The monoisotopic (exact) mass is 372 g/mol. The minimum atomic E-state index is -1.67. The number of hydrogen-bond acceptors (Lipinski definition) is 11. The Morgan fingerprint density at radius 3 is 1.67 bits per heavy atom. The summed E-state index contributed by atoms with van der Waals surface area (Å²) in [5.74, 6) is 0.319. The molecule has 10 unspecified atom stereocenters. The quantitative estimate of drug-likeness (QED) is 0.251. The number of thioether (sulfide) groups is 1. The van der Waals surface area contributed by atoms with Crippen LogP contribution in [0, 0.1) is 0 Å². The molecule has 2 aliphatic rings. The van der Waals surface area contributed by atoms with Crippen LogP contribution in [0.3, 0.4) is 0 Å². The second-order valence-corrected chi connectivity index (χ2v) is 6.71. The Hall–Kier alpha value is -0.0500. The smallest absolute Gasteiger partial charge is 0.189 e. The van der Waals surface area contributed by atoms with Gasteiger partial charge in [0.1, 0.15) is 42.7 Å². The van der Waals surface area contributed by atoms with E-state index in [-0.39, 0.29) is 0 Å². The molecule has 2 aliphatic heterocycles. The van der Waals surface area contributed by atoms with Crippen LogP contribution in [0.15, 0.2) is 0 Å². The van der Waals surface area contributed by atoms with Gasteiger partial charge in [0, 0.05) is 5.75 Å². The van der Waals surface area contributed by atoms with E-state index in [1.807, 2.05) is 0 Å². The van der Waals surface area contributed by atoms with Crippen LogP contribution in [0.1, 0.15) is 0 Å². The first-order chi connectivity index (χ1) is 11.3. The van der Waals surface area contributed by atoms with Crippen molar-refractivity contribution in [2.45, 2.75) is 61.4 Å². The number of rotatable bonds is 5. The molecule has 0 aliphatic carbocycles. The van der Waals surface area contributed by atoms with Gasteiger partial charge in [-0.25, -0.2) is 0 Å². The zero-order valence-corrected chi connectivity index (χ0v) is 13.8. The molecule has 2 fully saturated rings. The van der Waals surface area contributed by atoms with Crippen LogP contribution < -0.4 is 0 Å². The van der Waals surface area contributed by atoms with Crippen molar-refractivity contribution in [2.75, 3.05) is 18.6 Å². The Labute approximate surface area is 142 Å². The van der Waals surface area contributed by atoms with Crippen molar-refractivity contribution in [3.8, 4) is 0 Å². The standard InChI is InChI=1S/C13H24O10S/c1-24-3-5-7(16)9(18)11(20)13(22-5)23-12-10(19)8(17)6(15)4(2-14)21-12/h4-20H,2-3H2,1H3. The molecular weight excluding hydrogens is 348 g/mol. The van der Waals surface area contributed by atoms with Gasteiger partial charge in [0.2, 0.25) is 0 Å². The van der Waals surface area contributed by atoms with Gasteiger partial charge in [0.05, 0.1) is 12.7 Å². The molecule has 142 valence electrons. The fourth-order valence-electron chi connectivity index (χ4n) is 2.64.